The number of ether oxygens (including phenoxy) is 1. The summed E-state index contributed by atoms with van der Waals surface area (Å²) in [5.74, 6) is 1.60. The van der Waals surface area contributed by atoms with E-state index < -0.39 is 0 Å². The number of hydrogen-bond donors (Lipinski definition) is 1. The second-order valence-electron chi connectivity index (χ2n) is 5.31. The third kappa shape index (κ3) is 3.59. The highest BCUT2D eigenvalue weighted by molar-refractivity contribution is 6.31. The van der Waals surface area contributed by atoms with Crippen LogP contribution in [0.4, 0.5) is 0 Å². The van der Waals surface area contributed by atoms with Crippen LogP contribution in [-0.4, -0.2) is 17.6 Å². The number of pyridine rings is 1. The number of aromatic nitrogens is 1. The SMILES string of the molecule is Clc1ccc(OCCC2CC2)nc1CNC1CC1. The first-order valence-corrected chi connectivity index (χ1v) is 7.20. The Morgan fingerprint density at radius 2 is 2.11 bits per heavy atom. The van der Waals surface area contributed by atoms with Gasteiger partial charge >= 0.3 is 0 Å². The Morgan fingerprint density at radius 3 is 2.83 bits per heavy atom. The molecule has 1 N–H and O–H groups in total. The highest BCUT2D eigenvalue weighted by Gasteiger charge is 2.22. The molecule has 0 unspecified atom stereocenters. The molecule has 1 aromatic heterocycles. The van der Waals surface area contributed by atoms with Crippen molar-refractivity contribution in [2.75, 3.05) is 6.61 Å². The molecule has 0 spiro atoms. The lowest BCUT2D eigenvalue weighted by Gasteiger charge is -2.09. The van der Waals surface area contributed by atoms with Crippen molar-refractivity contribution in [1.29, 1.82) is 0 Å². The minimum atomic E-state index is 0.669. The van der Waals surface area contributed by atoms with Crippen LogP contribution in [0.5, 0.6) is 5.88 Å². The van der Waals surface area contributed by atoms with Crippen LogP contribution in [0.2, 0.25) is 5.02 Å². The predicted molar refractivity (Wildman–Crippen MR) is 71.9 cm³/mol. The van der Waals surface area contributed by atoms with E-state index in [1.54, 1.807) is 0 Å². The minimum Gasteiger partial charge on any atom is -0.478 e. The van der Waals surface area contributed by atoms with Gasteiger partial charge < -0.3 is 10.1 Å². The van der Waals surface area contributed by atoms with Gasteiger partial charge in [0.1, 0.15) is 0 Å². The highest BCUT2D eigenvalue weighted by atomic mass is 35.5. The molecule has 2 fully saturated rings. The summed E-state index contributed by atoms with van der Waals surface area (Å²) >= 11 is 6.14. The summed E-state index contributed by atoms with van der Waals surface area (Å²) < 4.78 is 5.68. The summed E-state index contributed by atoms with van der Waals surface area (Å²) in [5, 5.41) is 4.14. The third-order valence-corrected chi connectivity index (χ3v) is 3.85. The molecule has 98 valence electrons. The van der Waals surface area contributed by atoms with Crippen molar-refractivity contribution in [1.82, 2.24) is 10.3 Å². The molecule has 1 heterocycles. The summed E-state index contributed by atoms with van der Waals surface area (Å²) in [6.45, 7) is 1.51. The topological polar surface area (TPSA) is 34.1 Å². The van der Waals surface area contributed by atoms with Crippen LogP contribution < -0.4 is 10.1 Å². The molecule has 2 aliphatic carbocycles. The molecule has 2 saturated carbocycles. The molecule has 0 bridgehead atoms. The monoisotopic (exact) mass is 266 g/mol. The van der Waals surface area contributed by atoms with Gasteiger partial charge in [-0.05, 0) is 31.2 Å². The summed E-state index contributed by atoms with van der Waals surface area (Å²) in [4.78, 5) is 4.47. The van der Waals surface area contributed by atoms with E-state index in [1.165, 1.54) is 25.7 Å². The molecular weight excluding hydrogens is 248 g/mol. The third-order valence-electron chi connectivity index (χ3n) is 3.50. The summed E-state index contributed by atoms with van der Waals surface area (Å²) in [5.41, 5.74) is 0.896. The quantitative estimate of drug-likeness (QED) is 0.823. The number of nitrogens with one attached hydrogen (secondary N) is 1. The highest BCUT2D eigenvalue weighted by Crippen LogP contribution is 2.32. The van der Waals surface area contributed by atoms with E-state index in [4.69, 9.17) is 16.3 Å². The van der Waals surface area contributed by atoms with Crippen molar-refractivity contribution in [3.8, 4) is 5.88 Å². The minimum absolute atomic E-state index is 0.669. The van der Waals surface area contributed by atoms with Gasteiger partial charge in [-0.2, -0.15) is 0 Å². The second-order valence-corrected chi connectivity index (χ2v) is 5.72. The van der Waals surface area contributed by atoms with Crippen LogP contribution in [0.1, 0.15) is 37.8 Å². The van der Waals surface area contributed by atoms with E-state index in [2.05, 4.69) is 10.3 Å². The van der Waals surface area contributed by atoms with Gasteiger partial charge in [0, 0.05) is 18.7 Å². The van der Waals surface area contributed by atoms with Crippen LogP contribution in [0.15, 0.2) is 12.1 Å². The Labute approximate surface area is 113 Å². The Bertz CT molecular complexity index is 416. The Balaban J connectivity index is 1.53. The molecule has 3 rings (SSSR count). The largest absolute Gasteiger partial charge is 0.478 e. The maximum Gasteiger partial charge on any atom is 0.213 e. The predicted octanol–water partition coefficient (Wildman–Crippen LogP) is 3.17. The smallest absolute Gasteiger partial charge is 0.213 e. The average Bonchev–Trinajstić information content (AvgIpc) is 3.24. The Kier molecular flexibility index (Phi) is 3.71. The summed E-state index contributed by atoms with van der Waals surface area (Å²) in [7, 11) is 0. The fourth-order valence-electron chi connectivity index (χ4n) is 1.93. The molecule has 0 radical (unpaired) electrons. The first-order valence-electron chi connectivity index (χ1n) is 6.83. The van der Waals surface area contributed by atoms with E-state index in [9.17, 15) is 0 Å². The fourth-order valence-corrected chi connectivity index (χ4v) is 2.11. The number of rotatable bonds is 7. The molecule has 2 aliphatic rings. The van der Waals surface area contributed by atoms with Gasteiger partial charge in [-0.15, -0.1) is 0 Å². The Morgan fingerprint density at radius 1 is 1.28 bits per heavy atom. The van der Waals surface area contributed by atoms with Crippen molar-refractivity contribution in [2.24, 2.45) is 5.92 Å². The lowest BCUT2D eigenvalue weighted by molar-refractivity contribution is 0.290. The molecule has 0 atom stereocenters. The number of hydrogen-bond acceptors (Lipinski definition) is 3. The number of nitrogens with zero attached hydrogens (tertiary/aromatic N) is 1. The molecular formula is C14H19ClN2O. The summed E-state index contributed by atoms with van der Waals surface area (Å²) in [6, 6.07) is 4.41. The first kappa shape index (κ1) is 12.2. The van der Waals surface area contributed by atoms with Crippen molar-refractivity contribution >= 4 is 11.6 Å². The Hall–Kier alpha value is -0.800. The van der Waals surface area contributed by atoms with E-state index in [0.717, 1.165) is 36.2 Å². The van der Waals surface area contributed by atoms with E-state index in [-0.39, 0.29) is 0 Å². The van der Waals surface area contributed by atoms with Crippen LogP contribution in [0, 0.1) is 5.92 Å². The normalized spacial score (nSPS) is 18.9. The summed E-state index contributed by atoms with van der Waals surface area (Å²) in [6.07, 6.45) is 6.44. The fraction of sp³-hybridized carbons (Fsp3) is 0.643. The zero-order valence-electron chi connectivity index (χ0n) is 10.5. The molecule has 18 heavy (non-hydrogen) atoms. The zero-order valence-corrected chi connectivity index (χ0v) is 11.2. The molecule has 1 aromatic rings. The molecule has 0 aliphatic heterocycles. The lowest BCUT2D eigenvalue weighted by Crippen LogP contribution is -2.16. The molecule has 3 nitrogen and oxygen atoms in total. The van der Waals surface area contributed by atoms with Crippen molar-refractivity contribution < 1.29 is 4.74 Å². The van der Waals surface area contributed by atoms with Crippen molar-refractivity contribution in [3.63, 3.8) is 0 Å². The van der Waals surface area contributed by atoms with Gasteiger partial charge in [-0.1, -0.05) is 24.4 Å². The van der Waals surface area contributed by atoms with E-state index in [1.807, 2.05) is 12.1 Å². The molecule has 0 amide bonds. The molecule has 4 heteroatoms. The van der Waals surface area contributed by atoms with Gasteiger partial charge in [0.05, 0.1) is 17.3 Å². The van der Waals surface area contributed by atoms with Crippen molar-refractivity contribution in [3.05, 3.63) is 22.8 Å². The van der Waals surface area contributed by atoms with Crippen LogP contribution in [-0.2, 0) is 6.54 Å². The van der Waals surface area contributed by atoms with Crippen LogP contribution >= 0.6 is 11.6 Å². The van der Waals surface area contributed by atoms with Crippen molar-refractivity contribution in [2.45, 2.75) is 44.7 Å². The zero-order chi connectivity index (χ0) is 12.4. The van der Waals surface area contributed by atoms with Crippen LogP contribution in [0.3, 0.4) is 0 Å². The van der Waals surface area contributed by atoms with Crippen LogP contribution in [0.25, 0.3) is 0 Å². The lowest BCUT2D eigenvalue weighted by atomic mass is 10.3. The standard InChI is InChI=1S/C14H19ClN2O/c15-12-5-6-14(18-8-7-10-1-2-10)17-13(12)9-16-11-3-4-11/h5-6,10-11,16H,1-4,7-9H2. The molecule has 0 aromatic carbocycles. The number of halogens is 1. The maximum absolute atomic E-state index is 6.14. The average molecular weight is 267 g/mol. The second kappa shape index (κ2) is 5.45. The first-order chi connectivity index (χ1) is 8.81. The van der Waals surface area contributed by atoms with Gasteiger partial charge in [0.15, 0.2) is 0 Å². The van der Waals surface area contributed by atoms with E-state index >= 15 is 0 Å². The van der Waals surface area contributed by atoms with Gasteiger partial charge in [-0.25, -0.2) is 4.98 Å². The van der Waals surface area contributed by atoms with Gasteiger partial charge in [-0.3, -0.25) is 0 Å². The van der Waals surface area contributed by atoms with E-state index in [0.29, 0.717) is 11.9 Å². The molecule has 0 saturated heterocycles. The van der Waals surface area contributed by atoms with Gasteiger partial charge in [0.25, 0.3) is 0 Å². The van der Waals surface area contributed by atoms with Gasteiger partial charge in [0.2, 0.25) is 5.88 Å². The maximum atomic E-state index is 6.14.